The fourth-order valence-corrected chi connectivity index (χ4v) is 2.74. The van der Waals surface area contributed by atoms with Crippen LogP contribution in [-0.2, 0) is 6.54 Å². The van der Waals surface area contributed by atoms with Gasteiger partial charge in [0.15, 0.2) is 0 Å². The van der Waals surface area contributed by atoms with Crippen LogP contribution >= 0.6 is 11.3 Å². The lowest BCUT2D eigenvalue weighted by molar-refractivity contribution is -0.130. The number of thiazole rings is 1. The molecule has 1 aromatic heterocycles. The topological polar surface area (TPSA) is 36.4 Å². The number of aromatic nitrogens is 1. The van der Waals surface area contributed by atoms with Crippen LogP contribution in [0.3, 0.4) is 0 Å². The van der Waals surface area contributed by atoms with Gasteiger partial charge in [-0.05, 0) is 12.8 Å². The predicted octanol–water partition coefficient (Wildman–Crippen LogP) is 1.65. The lowest BCUT2D eigenvalue weighted by atomic mass is 9.83. The van der Waals surface area contributed by atoms with Gasteiger partial charge in [0.1, 0.15) is 0 Å². The summed E-state index contributed by atoms with van der Waals surface area (Å²) >= 11 is 1.74. The fourth-order valence-electron chi connectivity index (χ4n) is 1.90. The van der Waals surface area contributed by atoms with Crippen molar-refractivity contribution < 1.29 is 5.11 Å². The summed E-state index contributed by atoms with van der Waals surface area (Å²) in [5, 5.41) is 11.2. The molecule has 0 aromatic carbocycles. The molecule has 0 atom stereocenters. The van der Waals surface area contributed by atoms with Crippen LogP contribution in [0.1, 0.15) is 23.7 Å². The van der Waals surface area contributed by atoms with Gasteiger partial charge in [-0.1, -0.05) is 13.8 Å². The summed E-state index contributed by atoms with van der Waals surface area (Å²) < 4.78 is 0. The average molecular weight is 226 g/mol. The molecule has 0 saturated carbocycles. The van der Waals surface area contributed by atoms with Gasteiger partial charge < -0.3 is 5.11 Å². The molecule has 2 heterocycles. The summed E-state index contributed by atoms with van der Waals surface area (Å²) in [5.74, 6) is 0.344. The van der Waals surface area contributed by atoms with Crippen LogP contribution in [0.25, 0.3) is 0 Å². The molecule has 1 saturated heterocycles. The summed E-state index contributed by atoms with van der Waals surface area (Å²) in [4.78, 5) is 7.79. The Morgan fingerprint density at radius 1 is 1.60 bits per heavy atom. The van der Waals surface area contributed by atoms with Gasteiger partial charge >= 0.3 is 0 Å². The smallest absolute Gasteiger partial charge is 0.0923 e. The summed E-state index contributed by atoms with van der Waals surface area (Å²) in [6.07, 6.45) is 1.94. The Morgan fingerprint density at radius 2 is 2.27 bits per heavy atom. The zero-order valence-corrected chi connectivity index (χ0v) is 10.3. The van der Waals surface area contributed by atoms with Gasteiger partial charge in [0, 0.05) is 30.7 Å². The maximum absolute atomic E-state index is 10.1. The van der Waals surface area contributed by atoms with Gasteiger partial charge in [-0.2, -0.15) is 0 Å². The van der Waals surface area contributed by atoms with Gasteiger partial charge in [-0.25, -0.2) is 4.98 Å². The number of β-amino-alcohol motifs (C(OH)–C–C–N with tert-alkyl or cyclic N) is 1. The second-order valence-corrected chi connectivity index (χ2v) is 6.07. The number of hydrogen-bond acceptors (Lipinski definition) is 4. The van der Waals surface area contributed by atoms with Crippen LogP contribution in [-0.4, -0.2) is 33.7 Å². The highest BCUT2D eigenvalue weighted by Gasteiger charge is 2.43. The van der Waals surface area contributed by atoms with E-state index in [2.05, 4.69) is 23.7 Å². The first kappa shape index (κ1) is 11.0. The molecule has 0 radical (unpaired) electrons. The van der Waals surface area contributed by atoms with E-state index >= 15 is 0 Å². The summed E-state index contributed by atoms with van der Waals surface area (Å²) in [6, 6.07) is 0. The predicted molar refractivity (Wildman–Crippen MR) is 61.9 cm³/mol. The monoisotopic (exact) mass is 226 g/mol. The molecule has 0 bridgehead atoms. The molecule has 0 spiro atoms. The zero-order chi connectivity index (χ0) is 11.1. The highest BCUT2D eigenvalue weighted by molar-refractivity contribution is 7.11. The van der Waals surface area contributed by atoms with Crippen molar-refractivity contribution in [2.75, 3.05) is 13.1 Å². The maximum atomic E-state index is 10.1. The van der Waals surface area contributed by atoms with Gasteiger partial charge in [0.2, 0.25) is 0 Å². The number of aliphatic hydroxyl groups is 1. The summed E-state index contributed by atoms with van der Waals surface area (Å²) in [5.41, 5.74) is -0.459. The van der Waals surface area contributed by atoms with Crippen molar-refractivity contribution in [2.24, 2.45) is 5.92 Å². The van der Waals surface area contributed by atoms with Crippen LogP contribution in [0.2, 0.25) is 0 Å². The first-order valence-corrected chi connectivity index (χ1v) is 6.17. The zero-order valence-electron chi connectivity index (χ0n) is 9.53. The third-order valence-electron chi connectivity index (χ3n) is 3.12. The molecular formula is C11H18N2OS. The SMILES string of the molecule is Cc1ncc(CN2CC(O)(C(C)C)C2)s1. The molecule has 0 aliphatic carbocycles. The van der Waals surface area contributed by atoms with E-state index in [-0.39, 0.29) is 0 Å². The Balaban J connectivity index is 1.86. The van der Waals surface area contributed by atoms with Crippen molar-refractivity contribution in [1.29, 1.82) is 0 Å². The molecule has 3 nitrogen and oxygen atoms in total. The van der Waals surface area contributed by atoms with E-state index in [0.29, 0.717) is 5.92 Å². The molecule has 1 aliphatic heterocycles. The molecule has 2 rings (SSSR count). The quantitative estimate of drug-likeness (QED) is 0.851. The lowest BCUT2D eigenvalue weighted by Gasteiger charge is -2.49. The van der Waals surface area contributed by atoms with Crippen LogP contribution in [0, 0.1) is 12.8 Å². The van der Waals surface area contributed by atoms with Crippen molar-refractivity contribution >= 4 is 11.3 Å². The van der Waals surface area contributed by atoms with E-state index < -0.39 is 5.60 Å². The van der Waals surface area contributed by atoms with Crippen molar-refractivity contribution in [1.82, 2.24) is 9.88 Å². The number of nitrogens with zero attached hydrogens (tertiary/aromatic N) is 2. The highest BCUT2D eigenvalue weighted by Crippen LogP contribution is 2.30. The molecule has 1 aromatic rings. The third-order valence-corrected chi connectivity index (χ3v) is 4.02. The Bertz CT molecular complexity index is 342. The molecule has 0 unspecified atom stereocenters. The molecule has 1 fully saturated rings. The number of rotatable bonds is 3. The normalized spacial score (nSPS) is 20.6. The highest BCUT2D eigenvalue weighted by atomic mass is 32.1. The standard InChI is InChI=1S/C11H18N2OS/c1-8(2)11(14)6-13(7-11)5-10-4-12-9(3)15-10/h4,8,14H,5-7H2,1-3H3. The largest absolute Gasteiger partial charge is 0.387 e. The molecule has 4 heteroatoms. The van der Waals surface area contributed by atoms with Crippen LogP contribution in [0.5, 0.6) is 0 Å². The van der Waals surface area contributed by atoms with Gasteiger partial charge in [-0.15, -0.1) is 11.3 Å². The van der Waals surface area contributed by atoms with Gasteiger partial charge in [-0.3, -0.25) is 4.90 Å². The van der Waals surface area contributed by atoms with Crippen molar-refractivity contribution in [2.45, 2.75) is 32.9 Å². The second-order valence-electron chi connectivity index (χ2n) is 4.75. The van der Waals surface area contributed by atoms with Crippen molar-refractivity contribution in [3.05, 3.63) is 16.1 Å². The van der Waals surface area contributed by atoms with E-state index in [4.69, 9.17) is 0 Å². The molecule has 0 amide bonds. The van der Waals surface area contributed by atoms with Gasteiger partial charge in [0.05, 0.1) is 10.6 Å². The lowest BCUT2D eigenvalue weighted by Crippen LogP contribution is -2.63. The Kier molecular flexibility index (Phi) is 2.83. The molecule has 84 valence electrons. The molecule has 1 aliphatic rings. The minimum atomic E-state index is -0.459. The number of likely N-dealkylation sites (tertiary alicyclic amines) is 1. The molecule has 15 heavy (non-hydrogen) atoms. The van der Waals surface area contributed by atoms with Crippen molar-refractivity contribution in [3.8, 4) is 0 Å². The number of aryl methyl sites for hydroxylation is 1. The Hall–Kier alpha value is -0.450. The average Bonchev–Trinajstić information content (AvgIpc) is 2.48. The third kappa shape index (κ3) is 2.22. The molecular weight excluding hydrogens is 208 g/mol. The van der Waals surface area contributed by atoms with Crippen LogP contribution in [0.4, 0.5) is 0 Å². The first-order chi connectivity index (χ1) is 6.99. The number of hydrogen-bond donors (Lipinski definition) is 1. The minimum absolute atomic E-state index is 0.344. The first-order valence-electron chi connectivity index (χ1n) is 5.36. The van der Waals surface area contributed by atoms with E-state index in [0.717, 1.165) is 24.6 Å². The molecule has 1 N–H and O–H groups in total. The fraction of sp³-hybridized carbons (Fsp3) is 0.727. The Labute approximate surface area is 94.8 Å². The van der Waals surface area contributed by atoms with Gasteiger partial charge in [0.25, 0.3) is 0 Å². The van der Waals surface area contributed by atoms with E-state index in [1.807, 2.05) is 13.1 Å². The minimum Gasteiger partial charge on any atom is -0.387 e. The second kappa shape index (κ2) is 3.85. The Morgan fingerprint density at radius 3 is 2.73 bits per heavy atom. The summed E-state index contributed by atoms with van der Waals surface area (Å²) in [7, 11) is 0. The van der Waals surface area contributed by atoms with E-state index in [1.54, 1.807) is 11.3 Å². The van der Waals surface area contributed by atoms with E-state index in [1.165, 1.54) is 4.88 Å². The van der Waals surface area contributed by atoms with Crippen LogP contribution in [0.15, 0.2) is 6.20 Å². The summed E-state index contributed by atoms with van der Waals surface area (Å²) in [6.45, 7) is 8.70. The maximum Gasteiger partial charge on any atom is 0.0923 e. The van der Waals surface area contributed by atoms with Crippen LogP contribution < -0.4 is 0 Å². The van der Waals surface area contributed by atoms with E-state index in [9.17, 15) is 5.11 Å². The van der Waals surface area contributed by atoms with Crippen molar-refractivity contribution in [3.63, 3.8) is 0 Å².